The van der Waals surface area contributed by atoms with E-state index in [-0.39, 0.29) is 35.3 Å². The maximum atomic E-state index is 9.36. The summed E-state index contributed by atoms with van der Waals surface area (Å²) in [4.78, 5) is 4.60. The molecule has 3 N–H and O–H groups in total. The van der Waals surface area contributed by atoms with Crippen LogP contribution in [0.2, 0.25) is 0 Å². The second-order valence-corrected chi connectivity index (χ2v) is 7.04. The van der Waals surface area contributed by atoms with Gasteiger partial charge in [0.25, 0.3) is 0 Å². The van der Waals surface area contributed by atoms with Crippen LogP contribution in [0.15, 0.2) is 53.5 Å². The highest BCUT2D eigenvalue weighted by Crippen LogP contribution is 2.22. The van der Waals surface area contributed by atoms with Crippen LogP contribution in [-0.4, -0.2) is 23.2 Å². The highest BCUT2D eigenvalue weighted by atomic mass is 127. The second kappa shape index (κ2) is 11.0. The number of nitrogens with one attached hydrogen (secondary N) is 2. The second-order valence-electron chi connectivity index (χ2n) is 7.04. The van der Waals surface area contributed by atoms with Gasteiger partial charge in [-0.15, -0.1) is 24.0 Å². The standard InChI is InChI=1S/C21H29N3O2.HI/c1-5-22-20(23-14-16-10-12-18(25)13-11-16)24-15-17-8-6-7-9-19(17)26-21(2,3)4;/h6-13,25H,5,14-15H2,1-4H3,(H2,22,23,24);1H. The molecular formula is C21H30IN3O2. The number of ether oxygens (including phenoxy) is 1. The summed E-state index contributed by atoms with van der Waals surface area (Å²) in [7, 11) is 0. The van der Waals surface area contributed by atoms with E-state index in [1.807, 2.05) is 58.0 Å². The van der Waals surface area contributed by atoms with E-state index < -0.39 is 0 Å². The molecule has 0 radical (unpaired) electrons. The van der Waals surface area contributed by atoms with E-state index in [0.717, 1.165) is 29.4 Å². The summed E-state index contributed by atoms with van der Waals surface area (Å²) in [6.45, 7) is 10.1. The Morgan fingerprint density at radius 1 is 1.04 bits per heavy atom. The Morgan fingerprint density at radius 3 is 2.33 bits per heavy atom. The molecule has 0 unspecified atom stereocenters. The van der Waals surface area contributed by atoms with Gasteiger partial charge in [0, 0.05) is 18.7 Å². The molecule has 148 valence electrons. The van der Waals surface area contributed by atoms with E-state index in [4.69, 9.17) is 4.74 Å². The molecule has 0 heterocycles. The van der Waals surface area contributed by atoms with Crippen molar-refractivity contribution in [3.63, 3.8) is 0 Å². The molecule has 0 bridgehead atoms. The third kappa shape index (κ3) is 8.51. The first-order valence-electron chi connectivity index (χ1n) is 8.94. The number of para-hydroxylation sites is 1. The first kappa shape index (κ1) is 23.1. The molecule has 0 spiro atoms. The lowest BCUT2D eigenvalue weighted by Crippen LogP contribution is -2.37. The minimum atomic E-state index is -0.242. The third-order valence-corrected chi connectivity index (χ3v) is 3.54. The molecule has 0 saturated carbocycles. The van der Waals surface area contributed by atoms with E-state index in [1.165, 1.54) is 0 Å². The fourth-order valence-electron chi connectivity index (χ4n) is 2.37. The lowest BCUT2D eigenvalue weighted by Gasteiger charge is -2.23. The summed E-state index contributed by atoms with van der Waals surface area (Å²) >= 11 is 0. The van der Waals surface area contributed by atoms with Crippen molar-refractivity contribution in [2.75, 3.05) is 6.54 Å². The van der Waals surface area contributed by atoms with Gasteiger partial charge in [-0.1, -0.05) is 30.3 Å². The first-order valence-corrected chi connectivity index (χ1v) is 8.94. The molecule has 2 aromatic rings. The van der Waals surface area contributed by atoms with E-state index in [9.17, 15) is 5.11 Å². The van der Waals surface area contributed by atoms with Crippen molar-refractivity contribution in [1.82, 2.24) is 10.6 Å². The number of guanidine groups is 1. The summed E-state index contributed by atoms with van der Waals surface area (Å²) in [6, 6.07) is 15.1. The van der Waals surface area contributed by atoms with Gasteiger partial charge < -0.3 is 20.5 Å². The molecule has 0 aliphatic heterocycles. The van der Waals surface area contributed by atoms with Crippen LogP contribution < -0.4 is 15.4 Å². The fraction of sp³-hybridized carbons (Fsp3) is 0.381. The van der Waals surface area contributed by atoms with Gasteiger partial charge >= 0.3 is 0 Å². The Bertz CT molecular complexity index is 725. The average molecular weight is 483 g/mol. The minimum Gasteiger partial charge on any atom is -0.508 e. The lowest BCUT2D eigenvalue weighted by atomic mass is 10.1. The van der Waals surface area contributed by atoms with Crippen LogP contribution in [0.25, 0.3) is 0 Å². The molecule has 0 fully saturated rings. The SMILES string of the molecule is CCNC(=NCc1ccc(O)cc1)NCc1ccccc1OC(C)(C)C.I. The smallest absolute Gasteiger partial charge is 0.191 e. The normalized spacial score (nSPS) is 11.5. The van der Waals surface area contributed by atoms with Crippen molar-refractivity contribution < 1.29 is 9.84 Å². The summed E-state index contributed by atoms with van der Waals surface area (Å²) in [6.07, 6.45) is 0. The number of phenols is 1. The summed E-state index contributed by atoms with van der Waals surface area (Å²) in [5.41, 5.74) is 1.88. The first-order chi connectivity index (χ1) is 12.4. The molecule has 0 aliphatic carbocycles. The number of aromatic hydroxyl groups is 1. The summed E-state index contributed by atoms with van der Waals surface area (Å²) in [5.74, 6) is 1.88. The molecule has 27 heavy (non-hydrogen) atoms. The summed E-state index contributed by atoms with van der Waals surface area (Å²) < 4.78 is 6.04. The number of benzene rings is 2. The highest BCUT2D eigenvalue weighted by molar-refractivity contribution is 14.0. The molecular weight excluding hydrogens is 453 g/mol. The zero-order valence-electron chi connectivity index (χ0n) is 16.5. The number of phenolic OH excluding ortho intramolecular Hbond substituents is 1. The Labute approximate surface area is 179 Å². The predicted octanol–water partition coefficient (Wildman–Crippen LogP) is 4.44. The molecule has 2 aromatic carbocycles. The van der Waals surface area contributed by atoms with Crippen LogP contribution in [0, 0.1) is 0 Å². The van der Waals surface area contributed by atoms with Gasteiger partial charge in [-0.2, -0.15) is 0 Å². The third-order valence-electron chi connectivity index (χ3n) is 3.54. The Morgan fingerprint density at radius 2 is 1.70 bits per heavy atom. The molecule has 0 aliphatic rings. The number of aliphatic imine (C=N–C) groups is 1. The molecule has 0 aromatic heterocycles. The van der Waals surface area contributed by atoms with Crippen molar-refractivity contribution in [2.45, 2.75) is 46.4 Å². The molecule has 6 heteroatoms. The van der Waals surface area contributed by atoms with Crippen LogP contribution in [0.3, 0.4) is 0 Å². The maximum Gasteiger partial charge on any atom is 0.191 e. The van der Waals surface area contributed by atoms with Crippen LogP contribution >= 0.6 is 24.0 Å². The van der Waals surface area contributed by atoms with Gasteiger partial charge in [-0.3, -0.25) is 0 Å². The number of nitrogens with zero attached hydrogens (tertiary/aromatic N) is 1. The quantitative estimate of drug-likeness (QED) is 0.323. The van der Waals surface area contributed by atoms with Crippen molar-refractivity contribution in [2.24, 2.45) is 4.99 Å². The maximum absolute atomic E-state index is 9.36. The van der Waals surface area contributed by atoms with Crippen molar-refractivity contribution in [3.8, 4) is 11.5 Å². The molecule has 0 saturated heterocycles. The largest absolute Gasteiger partial charge is 0.508 e. The van der Waals surface area contributed by atoms with Crippen molar-refractivity contribution in [1.29, 1.82) is 0 Å². The average Bonchev–Trinajstić information content (AvgIpc) is 2.58. The van der Waals surface area contributed by atoms with Crippen LogP contribution in [0.1, 0.15) is 38.8 Å². The van der Waals surface area contributed by atoms with Gasteiger partial charge in [0.2, 0.25) is 0 Å². The molecule has 5 nitrogen and oxygen atoms in total. The Kier molecular flexibility index (Phi) is 9.41. The van der Waals surface area contributed by atoms with Gasteiger partial charge in [-0.25, -0.2) is 4.99 Å². The van der Waals surface area contributed by atoms with Crippen LogP contribution in [-0.2, 0) is 13.1 Å². The van der Waals surface area contributed by atoms with E-state index >= 15 is 0 Å². The van der Waals surface area contributed by atoms with Crippen LogP contribution in [0.4, 0.5) is 0 Å². The van der Waals surface area contributed by atoms with Crippen molar-refractivity contribution in [3.05, 3.63) is 59.7 Å². The zero-order chi connectivity index (χ0) is 19.0. The summed E-state index contributed by atoms with van der Waals surface area (Å²) in [5, 5.41) is 16.0. The van der Waals surface area contributed by atoms with E-state index in [1.54, 1.807) is 12.1 Å². The van der Waals surface area contributed by atoms with E-state index in [0.29, 0.717) is 13.1 Å². The number of rotatable bonds is 6. The van der Waals surface area contributed by atoms with Crippen LogP contribution in [0.5, 0.6) is 11.5 Å². The van der Waals surface area contributed by atoms with Gasteiger partial charge in [0.15, 0.2) is 5.96 Å². The molecule has 2 rings (SSSR count). The molecule has 0 atom stereocenters. The fourth-order valence-corrected chi connectivity index (χ4v) is 2.37. The van der Waals surface area contributed by atoms with E-state index in [2.05, 4.69) is 21.7 Å². The van der Waals surface area contributed by atoms with Gasteiger partial charge in [0.1, 0.15) is 17.1 Å². The number of hydrogen-bond acceptors (Lipinski definition) is 3. The monoisotopic (exact) mass is 483 g/mol. The van der Waals surface area contributed by atoms with Crippen molar-refractivity contribution >= 4 is 29.9 Å². The topological polar surface area (TPSA) is 65.9 Å². The highest BCUT2D eigenvalue weighted by Gasteiger charge is 2.14. The molecule has 0 amide bonds. The number of hydrogen-bond donors (Lipinski definition) is 3. The van der Waals surface area contributed by atoms with Gasteiger partial charge in [-0.05, 0) is 51.5 Å². The lowest BCUT2D eigenvalue weighted by molar-refractivity contribution is 0.129. The zero-order valence-corrected chi connectivity index (χ0v) is 18.8. The number of halogens is 1. The minimum absolute atomic E-state index is 0. The Balaban J connectivity index is 0.00000364. The Hall–Kier alpha value is -1.96. The predicted molar refractivity (Wildman–Crippen MR) is 122 cm³/mol. The van der Waals surface area contributed by atoms with Gasteiger partial charge in [0.05, 0.1) is 6.54 Å².